The topological polar surface area (TPSA) is 104 Å². The number of rotatable bonds is 7. The van der Waals surface area contributed by atoms with Gasteiger partial charge >= 0.3 is 0 Å². The van der Waals surface area contributed by atoms with Crippen molar-refractivity contribution in [3.8, 4) is 11.5 Å². The summed E-state index contributed by atoms with van der Waals surface area (Å²) in [6.45, 7) is 2.56. The Hall–Kier alpha value is -2.55. The zero-order chi connectivity index (χ0) is 17.0. The van der Waals surface area contributed by atoms with E-state index in [0.29, 0.717) is 24.0 Å². The van der Waals surface area contributed by atoms with Gasteiger partial charge in [0.25, 0.3) is 0 Å². The largest absolute Gasteiger partial charge is 0.444 e. The molecule has 1 aromatic carbocycles. The van der Waals surface area contributed by atoms with E-state index >= 15 is 0 Å². The van der Waals surface area contributed by atoms with Gasteiger partial charge in [0.15, 0.2) is 15.7 Å². The molecule has 0 amide bonds. The minimum atomic E-state index is -3.45. The number of benzene rings is 1. The van der Waals surface area contributed by atoms with Gasteiger partial charge in [-0.1, -0.05) is 25.1 Å². The highest BCUT2D eigenvalue weighted by Crippen LogP contribution is 2.19. The van der Waals surface area contributed by atoms with Crippen molar-refractivity contribution in [2.75, 3.05) is 0 Å². The van der Waals surface area contributed by atoms with Gasteiger partial charge in [-0.2, -0.15) is 0 Å². The molecule has 0 spiro atoms. The van der Waals surface area contributed by atoms with Crippen molar-refractivity contribution in [3.05, 3.63) is 48.1 Å². The zero-order valence-electron chi connectivity index (χ0n) is 13.2. The molecule has 0 radical (unpaired) electrons. The second kappa shape index (κ2) is 6.91. The van der Waals surface area contributed by atoms with Crippen LogP contribution in [0.2, 0.25) is 0 Å². The van der Waals surface area contributed by atoms with Gasteiger partial charge in [0.05, 0.1) is 11.4 Å². The summed E-state index contributed by atoms with van der Waals surface area (Å²) in [6, 6.07) is 9.32. The average Bonchev–Trinajstić information content (AvgIpc) is 3.18. The molecule has 0 N–H and O–H groups in total. The van der Waals surface area contributed by atoms with Crippen molar-refractivity contribution in [1.82, 2.24) is 25.2 Å². The molecule has 0 saturated heterocycles. The monoisotopic (exact) mass is 347 g/mol. The van der Waals surface area contributed by atoms with Crippen molar-refractivity contribution in [1.29, 1.82) is 0 Å². The third kappa shape index (κ3) is 3.85. The molecule has 126 valence electrons. The Balaban J connectivity index is 1.73. The quantitative estimate of drug-likeness (QED) is 0.642. The Bertz CT molecular complexity index is 902. The standard InChI is InChI=1S/C15H17N5O3S/c1-2-8-20-14(17-18-19-20)11-24(21,22)10-13-9-23-15(16-13)12-6-4-3-5-7-12/h3-7,9H,2,8,10-11H2,1H3. The van der Waals surface area contributed by atoms with E-state index in [1.807, 2.05) is 37.3 Å². The van der Waals surface area contributed by atoms with Crippen LogP contribution in [-0.4, -0.2) is 33.6 Å². The highest BCUT2D eigenvalue weighted by atomic mass is 32.2. The summed E-state index contributed by atoms with van der Waals surface area (Å²) in [6.07, 6.45) is 2.19. The van der Waals surface area contributed by atoms with Crippen molar-refractivity contribution in [2.45, 2.75) is 31.4 Å². The smallest absolute Gasteiger partial charge is 0.226 e. The number of aryl methyl sites for hydroxylation is 1. The van der Waals surface area contributed by atoms with E-state index in [1.54, 1.807) is 0 Å². The van der Waals surface area contributed by atoms with E-state index < -0.39 is 9.84 Å². The van der Waals surface area contributed by atoms with Crippen LogP contribution in [0.25, 0.3) is 11.5 Å². The Kier molecular flexibility index (Phi) is 4.70. The van der Waals surface area contributed by atoms with Crippen LogP contribution in [0.1, 0.15) is 24.9 Å². The molecule has 0 bridgehead atoms. The Morgan fingerprint density at radius 3 is 2.71 bits per heavy atom. The molecule has 0 saturated carbocycles. The van der Waals surface area contributed by atoms with Crippen LogP contribution in [0.15, 0.2) is 41.0 Å². The molecule has 3 rings (SSSR count). The lowest BCUT2D eigenvalue weighted by atomic mass is 10.2. The van der Waals surface area contributed by atoms with Crippen LogP contribution in [0.3, 0.4) is 0 Å². The summed E-state index contributed by atoms with van der Waals surface area (Å²) in [5.41, 5.74) is 1.16. The van der Waals surface area contributed by atoms with E-state index in [2.05, 4.69) is 20.5 Å². The summed E-state index contributed by atoms with van der Waals surface area (Å²) < 4.78 is 31.6. The van der Waals surface area contributed by atoms with Crippen molar-refractivity contribution < 1.29 is 12.8 Å². The van der Waals surface area contributed by atoms with E-state index in [4.69, 9.17) is 4.42 Å². The Labute approximate surface area is 139 Å². The number of nitrogens with zero attached hydrogens (tertiary/aromatic N) is 5. The number of hydrogen-bond acceptors (Lipinski definition) is 7. The van der Waals surface area contributed by atoms with Crippen LogP contribution in [0.4, 0.5) is 0 Å². The van der Waals surface area contributed by atoms with Gasteiger partial charge in [-0.15, -0.1) is 5.10 Å². The first-order valence-electron chi connectivity index (χ1n) is 7.52. The highest BCUT2D eigenvalue weighted by Gasteiger charge is 2.20. The van der Waals surface area contributed by atoms with E-state index in [-0.39, 0.29) is 11.5 Å². The minimum Gasteiger partial charge on any atom is -0.444 e. The third-order valence-electron chi connectivity index (χ3n) is 3.33. The van der Waals surface area contributed by atoms with Gasteiger partial charge in [-0.25, -0.2) is 18.1 Å². The Morgan fingerprint density at radius 2 is 1.96 bits per heavy atom. The molecule has 9 heteroatoms. The van der Waals surface area contributed by atoms with Crippen molar-refractivity contribution in [3.63, 3.8) is 0 Å². The second-order valence-corrected chi connectivity index (χ2v) is 7.43. The lowest BCUT2D eigenvalue weighted by molar-refractivity contribution is 0.555. The number of aromatic nitrogens is 5. The number of sulfone groups is 1. The van der Waals surface area contributed by atoms with Crippen LogP contribution < -0.4 is 0 Å². The van der Waals surface area contributed by atoms with Crippen molar-refractivity contribution >= 4 is 9.84 Å². The first-order valence-corrected chi connectivity index (χ1v) is 9.35. The molecule has 0 fully saturated rings. The van der Waals surface area contributed by atoms with Gasteiger partial charge in [0.2, 0.25) is 5.89 Å². The average molecular weight is 347 g/mol. The molecule has 8 nitrogen and oxygen atoms in total. The Morgan fingerprint density at radius 1 is 1.17 bits per heavy atom. The predicted octanol–water partition coefficient (Wildman–Crippen LogP) is 1.85. The fraction of sp³-hybridized carbons (Fsp3) is 0.333. The maximum Gasteiger partial charge on any atom is 0.226 e. The number of oxazole rings is 1. The molecule has 0 aliphatic carbocycles. The molecule has 3 aromatic rings. The minimum absolute atomic E-state index is 0.220. The van der Waals surface area contributed by atoms with Gasteiger partial charge in [0, 0.05) is 12.1 Å². The van der Waals surface area contributed by atoms with Gasteiger partial charge in [-0.3, -0.25) is 0 Å². The molecule has 2 aromatic heterocycles. The fourth-order valence-electron chi connectivity index (χ4n) is 2.27. The van der Waals surface area contributed by atoms with E-state index in [1.165, 1.54) is 10.9 Å². The zero-order valence-corrected chi connectivity index (χ0v) is 14.0. The summed E-state index contributed by atoms with van der Waals surface area (Å²) in [7, 11) is -3.45. The maximum atomic E-state index is 12.4. The molecule has 0 aliphatic rings. The van der Waals surface area contributed by atoms with Crippen LogP contribution in [0.5, 0.6) is 0 Å². The van der Waals surface area contributed by atoms with Crippen LogP contribution in [-0.2, 0) is 27.9 Å². The van der Waals surface area contributed by atoms with Gasteiger partial charge in [0.1, 0.15) is 12.0 Å². The lowest BCUT2D eigenvalue weighted by Crippen LogP contribution is -2.13. The molecule has 0 atom stereocenters. The third-order valence-corrected chi connectivity index (χ3v) is 4.76. The second-order valence-electron chi connectivity index (χ2n) is 5.36. The molecule has 0 aliphatic heterocycles. The SMILES string of the molecule is CCCn1nnnc1CS(=O)(=O)Cc1coc(-c2ccccc2)n1. The fourth-order valence-corrected chi connectivity index (χ4v) is 3.56. The first kappa shape index (κ1) is 16.3. The summed E-state index contributed by atoms with van der Waals surface area (Å²) in [4.78, 5) is 4.25. The molecule has 0 unspecified atom stereocenters. The van der Waals surface area contributed by atoms with Gasteiger partial charge < -0.3 is 4.42 Å². The molecule has 2 heterocycles. The molecular formula is C15H17N5O3S. The predicted molar refractivity (Wildman–Crippen MR) is 86.4 cm³/mol. The molecule has 24 heavy (non-hydrogen) atoms. The molecular weight excluding hydrogens is 330 g/mol. The normalized spacial score (nSPS) is 11.7. The van der Waals surface area contributed by atoms with Gasteiger partial charge in [-0.05, 0) is 29.0 Å². The number of tetrazole rings is 1. The maximum absolute atomic E-state index is 12.4. The lowest BCUT2D eigenvalue weighted by Gasteiger charge is -2.03. The van der Waals surface area contributed by atoms with Crippen LogP contribution >= 0.6 is 0 Å². The highest BCUT2D eigenvalue weighted by molar-refractivity contribution is 7.89. The van der Waals surface area contributed by atoms with Crippen molar-refractivity contribution in [2.24, 2.45) is 0 Å². The summed E-state index contributed by atoms with van der Waals surface area (Å²) in [5, 5.41) is 11.1. The summed E-state index contributed by atoms with van der Waals surface area (Å²) in [5.74, 6) is 0.288. The van der Waals surface area contributed by atoms with E-state index in [0.717, 1.165) is 12.0 Å². The number of hydrogen-bond donors (Lipinski definition) is 0. The summed E-state index contributed by atoms with van der Waals surface area (Å²) >= 11 is 0. The van der Waals surface area contributed by atoms with E-state index in [9.17, 15) is 8.42 Å². The first-order chi connectivity index (χ1) is 11.6. The van der Waals surface area contributed by atoms with Crippen LogP contribution in [0, 0.1) is 0 Å².